The maximum absolute atomic E-state index is 12.4. The van der Waals surface area contributed by atoms with Crippen molar-refractivity contribution in [2.75, 3.05) is 43.9 Å². The largest absolute Gasteiger partial charge is 0.399 e. The molecule has 118 valence electrons. The van der Waals surface area contributed by atoms with Crippen LogP contribution in [-0.2, 0) is 14.4 Å². The molecule has 1 saturated heterocycles. The van der Waals surface area contributed by atoms with Gasteiger partial charge in [-0.2, -0.15) is 0 Å². The topological polar surface area (TPSA) is 87.0 Å². The lowest BCUT2D eigenvalue weighted by Gasteiger charge is -2.32. The quantitative estimate of drug-likeness (QED) is 0.579. The van der Waals surface area contributed by atoms with Crippen molar-refractivity contribution in [1.82, 2.24) is 9.80 Å². The van der Waals surface area contributed by atoms with Gasteiger partial charge in [-0.3, -0.25) is 14.4 Å². The van der Waals surface area contributed by atoms with Gasteiger partial charge in [0.25, 0.3) is 0 Å². The number of carbonyl (C=O) groups is 3. The zero-order valence-corrected chi connectivity index (χ0v) is 12.8. The predicted molar refractivity (Wildman–Crippen MR) is 83.1 cm³/mol. The maximum atomic E-state index is 12.4. The lowest BCUT2D eigenvalue weighted by molar-refractivity contribution is -0.146. The number of imide groups is 1. The summed E-state index contributed by atoms with van der Waals surface area (Å²) in [6, 6.07) is 6.26. The fourth-order valence-electron chi connectivity index (χ4n) is 2.31. The molecule has 22 heavy (non-hydrogen) atoms. The third-order valence-electron chi connectivity index (χ3n) is 3.64. The molecule has 0 radical (unpaired) electrons. The maximum Gasteiger partial charge on any atom is 0.323 e. The fraction of sp³-hybridized carbons (Fsp3) is 0.400. The molecule has 0 atom stereocenters. The number of rotatable bonds is 1. The van der Waals surface area contributed by atoms with E-state index in [1.54, 1.807) is 24.3 Å². The minimum absolute atomic E-state index is 0.342. The summed E-state index contributed by atoms with van der Waals surface area (Å²) in [4.78, 5) is 41.0. The minimum Gasteiger partial charge on any atom is -0.399 e. The van der Waals surface area contributed by atoms with E-state index in [2.05, 4.69) is 4.90 Å². The summed E-state index contributed by atoms with van der Waals surface area (Å²) in [6.07, 6.45) is 0. The molecule has 1 heterocycles. The zero-order chi connectivity index (χ0) is 16.3. The van der Waals surface area contributed by atoms with Gasteiger partial charge in [-0.15, -0.1) is 0 Å². The molecule has 1 fully saturated rings. The summed E-state index contributed by atoms with van der Waals surface area (Å²) in [6.45, 7) is 3.64. The zero-order valence-electron chi connectivity index (χ0n) is 12.8. The van der Waals surface area contributed by atoms with Crippen LogP contribution in [0.1, 0.15) is 6.92 Å². The van der Waals surface area contributed by atoms with Gasteiger partial charge in [0.05, 0.1) is 5.69 Å². The Morgan fingerprint density at radius 3 is 2.09 bits per heavy atom. The summed E-state index contributed by atoms with van der Waals surface area (Å²) >= 11 is 0. The summed E-state index contributed by atoms with van der Waals surface area (Å²) in [5.74, 6) is -1.99. The first kappa shape index (κ1) is 16.0. The molecule has 0 unspecified atom stereocenters. The number of likely N-dealkylation sites (N-methyl/N-ethyl adjacent to an activating group) is 1. The first-order valence-corrected chi connectivity index (χ1v) is 7.08. The molecule has 1 aliphatic rings. The molecule has 2 N–H and O–H groups in total. The number of nitrogens with zero attached hydrogens (tertiary/aromatic N) is 3. The van der Waals surface area contributed by atoms with Gasteiger partial charge in [-0.25, -0.2) is 4.90 Å². The van der Waals surface area contributed by atoms with E-state index in [0.29, 0.717) is 37.6 Å². The van der Waals surface area contributed by atoms with Gasteiger partial charge in [0.15, 0.2) is 0 Å². The molecule has 0 saturated carbocycles. The van der Waals surface area contributed by atoms with Gasteiger partial charge in [0.1, 0.15) is 0 Å². The van der Waals surface area contributed by atoms with Crippen LogP contribution >= 0.6 is 0 Å². The Kier molecular flexibility index (Phi) is 4.77. The predicted octanol–water partition coefficient (Wildman–Crippen LogP) is -0.0777. The highest BCUT2D eigenvalue weighted by Crippen LogP contribution is 2.17. The number of anilines is 2. The van der Waals surface area contributed by atoms with Gasteiger partial charge in [0, 0.05) is 38.8 Å². The van der Waals surface area contributed by atoms with Crippen molar-refractivity contribution < 1.29 is 14.4 Å². The third kappa shape index (κ3) is 3.43. The van der Waals surface area contributed by atoms with E-state index in [4.69, 9.17) is 5.73 Å². The number of piperazine rings is 1. The molecule has 1 aromatic carbocycles. The Bertz CT molecular complexity index is 577. The Labute approximate surface area is 129 Å². The molecule has 7 nitrogen and oxygen atoms in total. The average Bonchev–Trinajstić information content (AvgIpc) is 2.49. The van der Waals surface area contributed by atoms with Crippen LogP contribution in [0.25, 0.3) is 0 Å². The Balaban J connectivity index is 2.18. The second-order valence-corrected chi connectivity index (χ2v) is 5.35. The molecule has 0 spiro atoms. The van der Waals surface area contributed by atoms with E-state index in [0.717, 1.165) is 4.90 Å². The Morgan fingerprint density at radius 2 is 1.59 bits per heavy atom. The first-order valence-electron chi connectivity index (χ1n) is 7.08. The second kappa shape index (κ2) is 6.57. The normalized spacial score (nSPS) is 15.5. The summed E-state index contributed by atoms with van der Waals surface area (Å²) in [5.41, 5.74) is 6.46. The lowest BCUT2D eigenvalue weighted by Crippen LogP contribution is -2.53. The van der Waals surface area contributed by atoms with Gasteiger partial charge < -0.3 is 15.5 Å². The molecule has 0 aliphatic carbocycles. The van der Waals surface area contributed by atoms with E-state index in [9.17, 15) is 14.4 Å². The van der Waals surface area contributed by atoms with Crippen molar-refractivity contribution in [1.29, 1.82) is 0 Å². The van der Waals surface area contributed by atoms with E-state index in [1.807, 2.05) is 7.05 Å². The first-order chi connectivity index (χ1) is 10.4. The number of nitrogen functional groups attached to an aromatic ring is 1. The highest BCUT2D eigenvalue weighted by atomic mass is 16.2. The number of hydrogen-bond donors (Lipinski definition) is 1. The minimum atomic E-state index is -0.832. The smallest absolute Gasteiger partial charge is 0.323 e. The molecule has 3 amide bonds. The number of hydrogen-bond acceptors (Lipinski definition) is 5. The SMILES string of the molecule is CC(=O)N(C(=O)C(=O)N1CCN(C)CC1)c1ccc(N)cc1. The van der Waals surface area contributed by atoms with Gasteiger partial charge in [-0.05, 0) is 31.3 Å². The Morgan fingerprint density at radius 1 is 1.05 bits per heavy atom. The van der Waals surface area contributed by atoms with E-state index in [1.165, 1.54) is 11.8 Å². The summed E-state index contributed by atoms with van der Waals surface area (Å²) < 4.78 is 0. The van der Waals surface area contributed by atoms with Crippen LogP contribution in [0.3, 0.4) is 0 Å². The highest BCUT2D eigenvalue weighted by molar-refractivity contribution is 6.45. The number of nitrogens with two attached hydrogens (primary N) is 1. The molecular weight excluding hydrogens is 284 g/mol. The van der Waals surface area contributed by atoms with Gasteiger partial charge in [-0.1, -0.05) is 0 Å². The van der Waals surface area contributed by atoms with Crippen molar-refractivity contribution in [2.24, 2.45) is 0 Å². The molecule has 7 heteroatoms. The summed E-state index contributed by atoms with van der Waals surface area (Å²) in [7, 11) is 1.96. The van der Waals surface area contributed by atoms with E-state index in [-0.39, 0.29) is 0 Å². The van der Waals surface area contributed by atoms with Crippen LogP contribution in [0.15, 0.2) is 24.3 Å². The van der Waals surface area contributed by atoms with Crippen LogP contribution in [0, 0.1) is 0 Å². The van der Waals surface area contributed by atoms with Crippen LogP contribution in [0.4, 0.5) is 11.4 Å². The number of benzene rings is 1. The standard InChI is InChI=1S/C15H20N4O3/c1-11(20)19(13-5-3-12(16)4-6-13)15(22)14(21)18-9-7-17(2)8-10-18/h3-6H,7-10,16H2,1-2H3. The molecule has 0 aromatic heterocycles. The average molecular weight is 304 g/mol. The lowest BCUT2D eigenvalue weighted by atomic mass is 10.2. The van der Waals surface area contributed by atoms with Crippen LogP contribution in [0.5, 0.6) is 0 Å². The highest BCUT2D eigenvalue weighted by Gasteiger charge is 2.31. The van der Waals surface area contributed by atoms with Gasteiger partial charge in [0.2, 0.25) is 5.91 Å². The molecule has 2 rings (SSSR count). The van der Waals surface area contributed by atoms with E-state index < -0.39 is 17.7 Å². The molecule has 1 aliphatic heterocycles. The number of amides is 3. The van der Waals surface area contributed by atoms with Crippen LogP contribution in [-0.4, -0.2) is 60.7 Å². The van der Waals surface area contributed by atoms with Crippen LogP contribution in [0.2, 0.25) is 0 Å². The molecule has 1 aromatic rings. The monoisotopic (exact) mass is 304 g/mol. The van der Waals surface area contributed by atoms with Gasteiger partial charge >= 0.3 is 11.8 Å². The van der Waals surface area contributed by atoms with Crippen molar-refractivity contribution in [3.8, 4) is 0 Å². The molecule has 0 bridgehead atoms. The van der Waals surface area contributed by atoms with E-state index >= 15 is 0 Å². The summed E-state index contributed by atoms with van der Waals surface area (Å²) in [5, 5.41) is 0. The van der Waals surface area contributed by atoms with Crippen molar-refractivity contribution in [3.05, 3.63) is 24.3 Å². The number of carbonyl (C=O) groups excluding carboxylic acids is 3. The van der Waals surface area contributed by atoms with Crippen molar-refractivity contribution >= 4 is 29.1 Å². The molecular formula is C15H20N4O3. The second-order valence-electron chi connectivity index (χ2n) is 5.35. The van der Waals surface area contributed by atoms with Crippen molar-refractivity contribution in [3.63, 3.8) is 0 Å². The Hall–Kier alpha value is -2.41. The van der Waals surface area contributed by atoms with Crippen molar-refractivity contribution in [2.45, 2.75) is 6.92 Å². The van der Waals surface area contributed by atoms with Crippen LogP contribution < -0.4 is 10.6 Å². The third-order valence-corrected chi connectivity index (χ3v) is 3.64. The fourth-order valence-corrected chi connectivity index (χ4v) is 2.31.